The van der Waals surface area contributed by atoms with E-state index in [4.69, 9.17) is 9.97 Å². The van der Waals surface area contributed by atoms with E-state index in [0.717, 1.165) is 43.3 Å². The Kier molecular flexibility index (Phi) is 9.93. The van der Waals surface area contributed by atoms with Crippen molar-refractivity contribution in [1.82, 2.24) is 9.97 Å². The number of thiazole rings is 2. The van der Waals surface area contributed by atoms with Crippen molar-refractivity contribution < 1.29 is 0 Å². The van der Waals surface area contributed by atoms with Crippen molar-refractivity contribution in [2.45, 2.75) is 0 Å². The maximum absolute atomic E-state index is 4.96. The molecule has 2 heterocycles. The number of benzene rings is 11. The zero-order chi connectivity index (χ0) is 45.0. The van der Waals surface area contributed by atoms with Crippen molar-refractivity contribution in [2.75, 3.05) is 0 Å². The van der Waals surface area contributed by atoms with E-state index < -0.39 is 0 Å². The van der Waals surface area contributed by atoms with Crippen LogP contribution in [0, 0.1) is 0 Å². The molecule has 13 rings (SSSR count). The molecule has 0 unspecified atom stereocenters. The van der Waals surface area contributed by atoms with E-state index in [-0.39, 0.29) is 0 Å². The molecular formula is C64H40N2S2. The maximum atomic E-state index is 4.96. The summed E-state index contributed by atoms with van der Waals surface area (Å²) in [6.07, 6.45) is 0. The van der Waals surface area contributed by atoms with Gasteiger partial charge in [0.2, 0.25) is 0 Å². The fraction of sp³-hybridized carbons (Fsp3) is 0. The second-order valence-electron chi connectivity index (χ2n) is 17.3. The van der Waals surface area contributed by atoms with E-state index in [1.807, 2.05) is 0 Å². The van der Waals surface area contributed by atoms with E-state index in [9.17, 15) is 0 Å². The van der Waals surface area contributed by atoms with Gasteiger partial charge in [0.15, 0.2) is 0 Å². The summed E-state index contributed by atoms with van der Waals surface area (Å²) in [6.45, 7) is 0. The predicted octanol–water partition coefficient (Wildman–Crippen LogP) is 18.5. The molecule has 4 heteroatoms. The third-order valence-corrected chi connectivity index (χ3v) is 15.3. The molecule has 0 fully saturated rings. The SMILES string of the molecule is c1ccc(-c2cccc(-c3c4ccc(-c5ccc(-c6nc7ccccc7s6)cc5)cc4c(-c4cccc(-c5ccccc5)c4)c4ccc(-c5ccc(-c6nc7ccccc7s6)cc5)cc34)c2)cc1. The Labute approximate surface area is 402 Å². The number of fused-ring (bicyclic) bond motifs is 4. The van der Waals surface area contributed by atoms with Crippen LogP contribution in [-0.4, -0.2) is 9.97 Å². The minimum Gasteiger partial charge on any atom is -0.236 e. The Morgan fingerprint density at radius 1 is 0.221 bits per heavy atom. The van der Waals surface area contributed by atoms with E-state index in [2.05, 4.69) is 243 Å². The Hall–Kier alpha value is -8.28. The van der Waals surface area contributed by atoms with Crippen LogP contribution in [0.1, 0.15) is 0 Å². The molecule has 11 aromatic carbocycles. The van der Waals surface area contributed by atoms with E-state index in [1.54, 1.807) is 22.7 Å². The van der Waals surface area contributed by atoms with Gasteiger partial charge in [-0.1, -0.05) is 194 Å². The highest BCUT2D eigenvalue weighted by molar-refractivity contribution is 7.22. The van der Waals surface area contributed by atoms with Crippen LogP contribution in [0.3, 0.4) is 0 Å². The van der Waals surface area contributed by atoms with Crippen molar-refractivity contribution >= 4 is 64.7 Å². The van der Waals surface area contributed by atoms with E-state index in [0.29, 0.717) is 0 Å². The highest BCUT2D eigenvalue weighted by atomic mass is 32.1. The van der Waals surface area contributed by atoms with Crippen LogP contribution in [0.15, 0.2) is 243 Å². The quantitative estimate of drug-likeness (QED) is 0.142. The first-order valence-electron chi connectivity index (χ1n) is 22.9. The number of aromatic nitrogens is 2. The normalized spacial score (nSPS) is 11.5. The van der Waals surface area contributed by atoms with Gasteiger partial charge in [0, 0.05) is 11.1 Å². The third kappa shape index (κ3) is 7.28. The Morgan fingerprint density at radius 2 is 0.544 bits per heavy atom. The fourth-order valence-corrected chi connectivity index (χ4v) is 11.7. The lowest BCUT2D eigenvalue weighted by atomic mass is 9.83. The van der Waals surface area contributed by atoms with Crippen molar-refractivity contribution in [3.05, 3.63) is 243 Å². The number of nitrogens with zero attached hydrogens (tertiary/aromatic N) is 2. The average molecular weight is 901 g/mol. The second kappa shape index (κ2) is 16.9. The molecule has 0 saturated carbocycles. The van der Waals surface area contributed by atoms with E-state index in [1.165, 1.54) is 86.6 Å². The topological polar surface area (TPSA) is 25.8 Å². The highest BCUT2D eigenvalue weighted by Crippen LogP contribution is 2.47. The highest BCUT2D eigenvalue weighted by Gasteiger charge is 2.20. The van der Waals surface area contributed by atoms with E-state index >= 15 is 0 Å². The minimum absolute atomic E-state index is 1.04. The molecule has 2 nitrogen and oxygen atoms in total. The molecule has 0 aliphatic carbocycles. The maximum Gasteiger partial charge on any atom is 0.124 e. The lowest BCUT2D eigenvalue weighted by Gasteiger charge is -2.20. The predicted molar refractivity (Wildman–Crippen MR) is 291 cm³/mol. The summed E-state index contributed by atoms with van der Waals surface area (Å²) >= 11 is 3.48. The summed E-state index contributed by atoms with van der Waals surface area (Å²) in [5.74, 6) is 0. The number of para-hydroxylation sites is 2. The van der Waals surface area contributed by atoms with Crippen LogP contribution < -0.4 is 0 Å². The first-order chi connectivity index (χ1) is 33.7. The van der Waals surface area contributed by atoms with Gasteiger partial charge in [-0.25, -0.2) is 9.97 Å². The minimum atomic E-state index is 1.04. The molecule has 0 atom stereocenters. The van der Waals surface area contributed by atoms with Gasteiger partial charge in [-0.3, -0.25) is 0 Å². The molecule has 13 aromatic rings. The zero-order valence-corrected chi connectivity index (χ0v) is 38.4. The average Bonchev–Trinajstić information content (AvgIpc) is 4.06. The van der Waals surface area contributed by atoms with Crippen molar-refractivity contribution in [3.63, 3.8) is 0 Å². The van der Waals surface area contributed by atoms with Crippen LogP contribution in [0.4, 0.5) is 0 Å². The molecule has 0 saturated heterocycles. The van der Waals surface area contributed by atoms with Crippen LogP contribution in [0.2, 0.25) is 0 Å². The van der Waals surface area contributed by atoms with Gasteiger partial charge < -0.3 is 0 Å². The fourth-order valence-electron chi connectivity index (χ4n) is 9.78. The largest absolute Gasteiger partial charge is 0.236 e. The van der Waals surface area contributed by atoms with Gasteiger partial charge in [0.05, 0.1) is 20.4 Å². The molecule has 0 aliphatic rings. The molecule has 0 spiro atoms. The monoisotopic (exact) mass is 900 g/mol. The second-order valence-corrected chi connectivity index (χ2v) is 19.4. The van der Waals surface area contributed by atoms with Crippen LogP contribution >= 0.6 is 22.7 Å². The van der Waals surface area contributed by atoms with Crippen molar-refractivity contribution in [1.29, 1.82) is 0 Å². The van der Waals surface area contributed by atoms with Crippen molar-refractivity contribution in [2.24, 2.45) is 0 Å². The van der Waals surface area contributed by atoms with Gasteiger partial charge in [0.25, 0.3) is 0 Å². The van der Waals surface area contributed by atoms with Crippen molar-refractivity contribution in [3.8, 4) is 87.9 Å². The molecule has 0 bridgehead atoms. The molecule has 0 amide bonds. The zero-order valence-electron chi connectivity index (χ0n) is 36.8. The first kappa shape index (κ1) is 40.0. The van der Waals surface area contributed by atoms with Crippen LogP contribution in [0.25, 0.3) is 130 Å². The molecule has 68 heavy (non-hydrogen) atoms. The molecule has 2 aromatic heterocycles. The Balaban J connectivity index is 1.03. The Bertz CT molecular complexity index is 3670. The molecule has 0 aliphatic heterocycles. The molecular weight excluding hydrogens is 861 g/mol. The smallest absolute Gasteiger partial charge is 0.124 e. The lowest BCUT2D eigenvalue weighted by molar-refractivity contribution is 1.47. The third-order valence-electron chi connectivity index (χ3n) is 13.2. The van der Waals surface area contributed by atoms with Crippen LogP contribution in [-0.2, 0) is 0 Å². The van der Waals surface area contributed by atoms with Crippen LogP contribution in [0.5, 0.6) is 0 Å². The van der Waals surface area contributed by atoms with Gasteiger partial charge >= 0.3 is 0 Å². The summed E-state index contributed by atoms with van der Waals surface area (Å²) in [5, 5.41) is 6.91. The molecule has 318 valence electrons. The number of hydrogen-bond donors (Lipinski definition) is 0. The Morgan fingerprint density at radius 3 is 0.971 bits per heavy atom. The summed E-state index contributed by atoms with van der Waals surface area (Å²) in [5.41, 5.74) is 18.6. The lowest BCUT2D eigenvalue weighted by Crippen LogP contribution is -1.93. The first-order valence-corrected chi connectivity index (χ1v) is 24.6. The van der Waals surface area contributed by atoms with Gasteiger partial charge in [0.1, 0.15) is 10.0 Å². The molecule has 0 N–H and O–H groups in total. The summed E-state index contributed by atoms with van der Waals surface area (Å²) < 4.78 is 2.40. The standard InChI is InChI=1S/C64H40N2S2/c1-3-13-41(14-4-1)47-17-11-19-51(37-47)61-53-35-33-50(44-27-31-46(32-28-44)64-66-58-22-8-10-24-60(58)68-64)40-56(53)62(52-20-12-18-48(38-52)42-15-5-2-6-16-42)54-36-34-49(39-55(54)61)43-25-29-45(30-26-43)63-65-57-21-7-9-23-59(57)67-63/h1-40H. The number of rotatable bonds is 8. The van der Waals surface area contributed by atoms with Gasteiger partial charge in [-0.05, 0) is 137 Å². The molecule has 0 radical (unpaired) electrons. The van der Waals surface area contributed by atoms with Gasteiger partial charge in [-0.15, -0.1) is 22.7 Å². The number of hydrogen-bond acceptors (Lipinski definition) is 4. The summed E-state index contributed by atoms with van der Waals surface area (Å²) in [7, 11) is 0. The van der Waals surface area contributed by atoms with Gasteiger partial charge in [-0.2, -0.15) is 0 Å². The summed E-state index contributed by atoms with van der Waals surface area (Å²) in [4.78, 5) is 9.92. The summed E-state index contributed by atoms with van der Waals surface area (Å²) in [6, 6.07) is 88.4.